The van der Waals surface area contributed by atoms with Crippen LogP contribution in [0, 0.1) is 6.92 Å². The van der Waals surface area contributed by atoms with Gasteiger partial charge in [-0.05, 0) is 13.0 Å². The van der Waals surface area contributed by atoms with Gasteiger partial charge in [-0.25, -0.2) is 9.50 Å². The van der Waals surface area contributed by atoms with E-state index in [0.29, 0.717) is 0 Å². The zero-order chi connectivity index (χ0) is 11.0. The molecule has 0 spiro atoms. The summed E-state index contributed by atoms with van der Waals surface area (Å²) in [5.74, 6) is 1.57. The average Bonchev–Trinajstić information content (AvgIpc) is 2.87. The summed E-state index contributed by atoms with van der Waals surface area (Å²) in [6.45, 7) is 1.93. The highest BCUT2D eigenvalue weighted by Crippen LogP contribution is 2.17. The predicted molar refractivity (Wildman–Crippen MR) is 59.6 cm³/mol. The fraction of sp³-hybridized carbons (Fsp3) is 0.100. The minimum absolute atomic E-state index is 0.753. The van der Waals surface area contributed by atoms with Gasteiger partial charge in [0.25, 0.3) is 0 Å². The van der Waals surface area contributed by atoms with Crippen molar-refractivity contribution in [3.63, 3.8) is 0 Å². The maximum Gasteiger partial charge on any atom is 0.157 e. The molecular formula is C10H10N6. The van der Waals surface area contributed by atoms with Gasteiger partial charge < -0.3 is 5.32 Å². The fourth-order valence-electron chi connectivity index (χ4n) is 1.57. The van der Waals surface area contributed by atoms with Crippen LogP contribution in [0.5, 0.6) is 0 Å². The van der Waals surface area contributed by atoms with E-state index in [-0.39, 0.29) is 0 Å². The van der Waals surface area contributed by atoms with Crippen LogP contribution in [0.3, 0.4) is 0 Å². The van der Waals surface area contributed by atoms with E-state index >= 15 is 0 Å². The molecule has 3 heterocycles. The highest BCUT2D eigenvalue weighted by molar-refractivity contribution is 5.71. The van der Waals surface area contributed by atoms with E-state index in [2.05, 4.69) is 25.6 Å². The largest absolute Gasteiger partial charge is 0.324 e. The summed E-state index contributed by atoms with van der Waals surface area (Å²) < 4.78 is 1.76. The molecule has 0 aliphatic heterocycles. The molecule has 0 aromatic carbocycles. The second-order valence-corrected chi connectivity index (χ2v) is 3.48. The van der Waals surface area contributed by atoms with Gasteiger partial charge in [-0.1, -0.05) is 0 Å². The third kappa shape index (κ3) is 1.40. The summed E-state index contributed by atoms with van der Waals surface area (Å²) >= 11 is 0. The number of fused-ring (bicyclic) bond motifs is 1. The van der Waals surface area contributed by atoms with Crippen LogP contribution in [0.25, 0.3) is 5.52 Å². The summed E-state index contributed by atoms with van der Waals surface area (Å²) in [7, 11) is 0. The van der Waals surface area contributed by atoms with Crippen LogP contribution < -0.4 is 5.32 Å². The second-order valence-electron chi connectivity index (χ2n) is 3.48. The lowest BCUT2D eigenvalue weighted by molar-refractivity contribution is 0.947. The van der Waals surface area contributed by atoms with Gasteiger partial charge in [-0.15, -0.1) is 0 Å². The van der Waals surface area contributed by atoms with Crippen molar-refractivity contribution in [1.82, 2.24) is 24.8 Å². The SMILES string of the molecule is Cc1cc(Nc2nccn3nccc23)[nH]n1. The van der Waals surface area contributed by atoms with Crippen molar-refractivity contribution in [1.29, 1.82) is 0 Å². The lowest BCUT2D eigenvalue weighted by atomic mass is 10.4. The molecule has 6 nitrogen and oxygen atoms in total. The van der Waals surface area contributed by atoms with Crippen molar-refractivity contribution in [3.8, 4) is 0 Å². The molecule has 0 saturated carbocycles. The number of aryl methyl sites for hydroxylation is 1. The molecule has 2 N–H and O–H groups in total. The average molecular weight is 214 g/mol. The highest BCUT2D eigenvalue weighted by atomic mass is 15.2. The number of hydrogen-bond donors (Lipinski definition) is 2. The first-order valence-corrected chi connectivity index (χ1v) is 4.90. The maximum atomic E-state index is 4.26. The van der Waals surface area contributed by atoms with Crippen LogP contribution in [-0.2, 0) is 0 Å². The quantitative estimate of drug-likeness (QED) is 0.678. The summed E-state index contributed by atoms with van der Waals surface area (Å²) in [5, 5.41) is 14.2. The minimum Gasteiger partial charge on any atom is -0.324 e. The van der Waals surface area contributed by atoms with Gasteiger partial charge in [0.15, 0.2) is 5.82 Å². The minimum atomic E-state index is 0.753. The first-order valence-electron chi connectivity index (χ1n) is 4.90. The Morgan fingerprint density at radius 1 is 1.38 bits per heavy atom. The van der Waals surface area contributed by atoms with Gasteiger partial charge in [0.1, 0.15) is 11.3 Å². The van der Waals surface area contributed by atoms with Gasteiger partial charge in [0, 0.05) is 18.5 Å². The van der Waals surface area contributed by atoms with Crippen LogP contribution in [0.2, 0.25) is 0 Å². The number of nitrogens with zero attached hydrogens (tertiary/aromatic N) is 4. The Balaban J connectivity index is 2.03. The Bertz CT molecular complexity index is 623. The van der Waals surface area contributed by atoms with Crippen molar-refractivity contribution < 1.29 is 0 Å². The Morgan fingerprint density at radius 2 is 2.31 bits per heavy atom. The molecular weight excluding hydrogens is 204 g/mol. The maximum absolute atomic E-state index is 4.26. The Kier molecular flexibility index (Phi) is 1.86. The monoisotopic (exact) mass is 214 g/mol. The topological polar surface area (TPSA) is 70.9 Å². The Hall–Kier alpha value is -2.37. The van der Waals surface area contributed by atoms with Crippen molar-refractivity contribution in [2.75, 3.05) is 5.32 Å². The van der Waals surface area contributed by atoms with E-state index in [9.17, 15) is 0 Å². The van der Waals surface area contributed by atoms with Crippen molar-refractivity contribution in [2.45, 2.75) is 6.92 Å². The molecule has 80 valence electrons. The summed E-state index contributed by atoms with van der Waals surface area (Å²) in [4.78, 5) is 4.26. The van der Waals surface area contributed by atoms with Gasteiger partial charge in [0.05, 0.1) is 11.9 Å². The molecule has 0 fully saturated rings. The standard InChI is InChI=1S/C10H10N6/c1-7-6-9(15-14-7)13-10-8-2-3-12-16(8)5-4-11-10/h2-6H,1H3,(H2,11,13,14,15). The molecule has 3 aromatic rings. The van der Waals surface area contributed by atoms with E-state index in [4.69, 9.17) is 0 Å². The van der Waals surface area contributed by atoms with Gasteiger partial charge >= 0.3 is 0 Å². The molecule has 16 heavy (non-hydrogen) atoms. The Morgan fingerprint density at radius 3 is 3.12 bits per heavy atom. The van der Waals surface area contributed by atoms with E-state index in [0.717, 1.165) is 22.8 Å². The van der Waals surface area contributed by atoms with Crippen LogP contribution in [0.4, 0.5) is 11.6 Å². The van der Waals surface area contributed by atoms with Crippen LogP contribution in [0.1, 0.15) is 5.69 Å². The molecule has 0 atom stereocenters. The van der Waals surface area contributed by atoms with E-state index in [1.165, 1.54) is 0 Å². The molecule has 0 radical (unpaired) electrons. The molecule has 0 aliphatic rings. The van der Waals surface area contributed by atoms with E-state index < -0.39 is 0 Å². The smallest absolute Gasteiger partial charge is 0.157 e. The van der Waals surface area contributed by atoms with Crippen molar-refractivity contribution in [2.24, 2.45) is 0 Å². The van der Waals surface area contributed by atoms with Crippen LogP contribution in [-0.4, -0.2) is 24.8 Å². The zero-order valence-electron chi connectivity index (χ0n) is 8.68. The number of aromatic nitrogens is 5. The molecule has 3 aromatic heterocycles. The lowest BCUT2D eigenvalue weighted by Gasteiger charge is -2.03. The fourth-order valence-corrected chi connectivity index (χ4v) is 1.57. The zero-order valence-corrected chi connectivity index (χ0v) is 8.68. The number of H-pyrrole nitrogens is 1. The molecule has 0 amide bonds. The third-order valence-corrected chi connectivity index (χ3v) is 2.28. The van der Waals surface area contributed by atoms with Gasteiger partial charge in [0.2, 0.25) is 0 Å². The number of rotatable bonds is 2. The Labute approximate surface area is 91.3 Å². The first-order chi connectivity index (χ1) is 7.83. The second kappa shape index (κ2) is 3.34. The molecule has 0 bridgehead atoms. The van der Waals surface area contributed by atoms with Gasteiger partial charge in [-0.2, -0.15) is 10.2 Å². The number of aromatic amines is 1. The van der Waals surface area contributed by atoms with Gasteiger partial charge in [-0.3, -0.25) is 5.10 Å². The van der Waals surface area contributed by atoms with Crippen LogP contribution in [0.15, 0.2) is 30.7 Å². The third-order valence-electron chi connectivity index (χ3n) is 2.28. The molecule has 0 aliphatic carbocycles. The van der Waals surface area contributed by atoms with Crippen molar-refractivity contribution >= 4 is 17.2 Å². The number of nitrogens with one attached hydrogen (secondary N) is 2. The van der Waals surface area contributed by atoms with Crippen LogP contribution >= 0.6 is 0 Å². The summed E-state index contributed by atoms with van der Waals surface area (Å²) in [6, 6.07) is 3.82. The normalized spacial score (nSPS) is 10.8. The van der Waals surface area contributed by atoms with E-state index in [1.807, 2.05) is 19.1 Å². The number of hydrogen-bond acceptors (Lipinski definition) is 4. The molecule has 6 heteroatoms. The molecule has 0 unspecified atom stereocenters. The lowest BCUT2D eigenvalue weighted by Crippen LogP contribution is -1.97. The molecule has 3 rings (SSSR count). The van der Waals surface area contributed by atoms with Crippen molar-refractivity contribution in [3.05, 3.63) is 36.4 Å². The van der Waals surface area contributed by atoms with E-state index in [1.54, 1.807) is 23.1 Å². The number of anilines is 2. The molecule has 0 saturated heterocycles. The summed E-state index contributed by atoms with van der Waals surface area (Å²) in [6.07, 6.45) is 5.24. The summed E-state index contributed by atoms with van der Waals surface area (Å²) in [5.41, 5.74) is 1.86. The predicted octanol–water partition coefficient (Wildman–Crippen LogP) is 1.50. The highest BCUT2D eigenvalue weighted by Gasteiger charge is 2.04. The first kappa shape index (κ1) is 8.90.